The van der Waals surface area contributed by atoms with Crippen molar-refractivity contribution in [2.45, 2.75) is 20.5 Å². The normalized spacial score (nSPS) is 10.6. The predicted octanol–water partition coefficient (Wildman–Crippen LogP) is 3.54. The number of primary amides is 1. The molecule has 0 aliphatic heterocycles. The molecule has 0 saturated heterocycles. The minimum Gasteiger partial charge on any atom is -0.493 e. The van der Waals surface area contributed by atoms with Gasteiger partial charge in [0.15, 0.2) is 0 Å². The maximum Gasteiger partial charge on any atom is 0.248 e. The molecule has 4 nitrogen and oxygen atoms in total. The molecule has 0 spiro atoms. The highest BCUT2D eigenvalue weighted by atomic mass is 19.1. The molecular formula is C18H20FNO3. The number of hydrogen-bond donors (Lipinski definition) is 1. The fourth-order valence-electron chi connectivity index (χ4n) is 1.92. The van der Waals surface area contributed by atoms with Crippen LogP contribution in [-0.4, -0.2) is 12.5 Å². The third-order valence-electron chi connectivity index (χ3n) is 3.10. The van der Waals surface area contributed by atoms with Gasteiger partial charge < -0.3 is 15.2 Å². The van der Waals surface area contributed by atoms with Crippen molar-refractivity contribution in [3.63, 3.8) is 0 Å². The van der Waals surface area contributed by atoms with Gasteiger partial charge in [-0.3, -0.25) is 4.79 Å². The van der Waals surface area contributed by atoms with Gasteiger partial charge in [-0.15, -0.1) is 0 Å². The van der Waals surface area contributed by atoms with Gasteiger partial charge in [0, 0.05) is 17.2 Å². The van der Waals surface area contributed by atoms with E-state index in [1.165, 1.54) is 12.1 Å². The summed E-state index contributed by atoms with van der Waals surface area (Å²) in [6.07, 6.45) is 0. The van der Waals surface area contributed by atoms with E-state index in [0.717, 1.165) is 0 Å². The molecule has 0 aliphatic rings. The molecular weight excluding hydrogens is 297 g/mol. The van der Waals surface area contributed by atoms with Crippen molar-refractivity contribution in [1.29, 1.82) is 0 Å². The van der Waals surface area contributed by atoms with Crippen LogP contribution in [0.2, 0.25) is 0 Å². The number of carbonyl (C=O) groups excluding carboxylic acids is 1. The molecule has 0 bridgehead atoms. The number of amides is 1. The Bertz CT molecular complexity index is 686. The minimum atomic E-state index is -0.573. The molecule has 0 fully saturated rings. The number of nitrogens with two attached hydrogens (primary N) is 1. The van der Waals surface area contributed by atoms with E-state index in [0.29, 0.717) is 29.6 Å². The summed E-state index contributed by atoms with van der Waals surface area (Å²) < 4.78 is 24.8. The molecule has 0 heterocycles. The fourth-order valence-corrected chi connectivity index (χ4v) is 1.92. The number of benzene rings is 2. The molecule has 2 aromatic carbocycles. The molecule has 2 rings (SSSR count). The molecule has 5 heteroatoms. The molecule has 1 amide bonds. The largest absolute Gasteiger partial charge is 0.493 e. The topological polar surface area (TPSA) is 61.6 Å². The van der Waals surface area contributed by atoms with Crippen molar-refractivity contribution in [3.8, 4) is 11.5 Å². The SMILES string of the molecule is CC(C)COc1cc(OCc2ccccc2F)cc(C(N)=O)c1. The molecule has 2 aromatic rings. The Morgan fingerprint density at radius 2 is 1.78 bits per heavy atom. The van der Waals surface area contributed by atoms with Crippen LogP contribution >= 0.6 is 0 Å². The van der Waals surface area contributed by atoms with Gasteiger partial charge in [-0.05, 0) is 24.1 Å². The Hall–Kier alpha value is -2.56. The van der Waals surface area contributed by atoms with Crippen LogP contribution in [0.3, 0.4) is 0 Å². The minimum absolute atomic E-state index is 0.0541. The van der Waals surface area contributed by atoms with Gasteiger partial charge in [0.25, 0.3) is 0 Å². The second-order valence-corrected chi connectivity index (χ2v) is 5.64. The molecule has 0 aromatic heterocycles. The Kier molecular flexibility index (Phi) is 5.57. The molecule has 2 N–H and O–H groups in total. The summed E-state index contributed by atoms with van der Waals surface area (Å²) in [7, 11) is 0. The maximum absolute atomic E-state index is 13.6. The van der Waals surface area contributed by atoms with Gasteiger partial charge in [0.05, 0.1) is 6.61 Å². The highest BCUT2D eigenvalue weighted by molar-refractivity contribution is 5.93. The first-order chi connectivity index (χ1) is 11.0. The zero-order chi connectivity index (χ0) is 16.8. The van der Waals surface area contributed by atoms with E-state index in [-0.39, 0.29) is 18.0 Å². The molecule has 0 unspecified atom stereocenters. The highest BCUT2D eigenvalue weighted by Gasteiger charge is 2.09. The monoisotopic (exact) mass is 317 g/mol. The third-order valence-corrected chi connectivity index (χ3v) is 3.10. The second kappa shape index (κ2) is 7.63. The maximum atomic E-state index is 13.6. The lowest BCUT2D eigenvalue weighted by Gasteiger charge is -2.13. The number of rotatable bonds is 7. The first-order valence-corrected chi connectivity index (χ1v) is 7.39. The summed E-state index contributed by atoms with van der Waals surface area (Å²) in [4.78, 5) is 11.4. The van der Waals surface area contributed by atoms with E-state index < -0.39 is 5.91 Å². The van der Waals surface area contributed by atoms with Crippen LogP contribution in [0.4, 0.5) is 4.39 Å². The average molecular weight is 317 g/mol. The van der Waals surface area contributed by atoms with E-state index in [2.05, 4.69) is 0 Å². The standard InChI is InChI=1S/C18H20FNO3/c1-12(2)10-22-15-7-14(18(20)21)8-16(9-15)23-11-13-5-3-4-6-17(13)19/h3-9,12H,10-11H2,1-2H3,(H2,20,21). The second-order valence-electron chi connectivity index (χ2n) is 5.64. The van der Waals surface area contributed by atoms with Crippen LogP contribution in [0.25, 0.3) is 0 Å². The zero-order valence-corrected chi connectivity index (χ0v) is 13.2. The summed E-state index contributed by atoms with van der Waals surface area (Å²) in [5, 5.41) is 0. The Morgan fingerprint density at radius 3 is 2.39 bits per heavy atom. The lowest BCUT2D eigenvalue weighted by atomic mass is 10.2. The van der Waals surface area contributed by atoms with Gasteiger partial charge in [0.2, 0.25) is 5.91 Å². The van der Waals surface area contributed by atoms with Crippen LogP contribution in [-0.2, 0) is 6.61 Å². The van der Waals surface area contributed by atoms with Crippen molar-refractivity contribution in [2.75, 3.05) is 6.61 Å². The number of halogens is 1. The number of ether oxygens (including phenoxy) is 2. The van der Waals surface area contributed by atoms with Gasteiger partial charge in [0.1, 0.15) is 23.9 Å². The predicted molar refractivity (Wildman–Crippen MR) is 86.0 cm³/mol. The van der Waals surface area contributed by atoms with Crippen LogP contribution < -0.4 is 15.2 Å². The molecule has 0 radical (unpaired) electrons. The van der Waals surface area contributed by atoms with E-state index in [9.17, 15) is 9.18 Å². The summed E-state index contributed by atoms with van der Waals surface area (Å²) in [6, 6.07) is 11.1. The van der Waals surface area contributed by atoms with Crippen LogP contribution in [0, 0.1) is 11.7 Å². The quantitative estimate of drug-likeness (QED) is 0.849. The van der Waals surface area contributed by atoms with Gasteiger partial charge in [-0.2, -0.15) is 0 Å². The van der Waals surface area contributed by atoms with Crippen molar-refractivity contribution in [2.24, 2.45) is 11.7 Å². The first-order valence-electron chi connectivity index (χ1n) is 7.39. The van der Waals surface area contributed by atoms with Gasteiger partial charge in [-0.25, -0.2) is 4.39 Å². The van der Waals surface area contributed by atoms with Crippen molar-refractivity contribution < 1.29 is 18.7 Å². The summed E-state index contributed by atoms with van der Waals surface area (Å²) in [6.45, 7) is 4.61. The Labute approximate surface area is 135 Å². The van der Waals surface area contributed by atoms with Gasteiger partial charge >= 0.3 is 0 Å². The third kappa shape index (κ3) is 4.98. The van der Waals surface area contributed by atoms with Gasteiger partial charge in [-0.1, -0.05) is 32.0 Å². The summed E-state index contributed by atoms with van der Waals surface area (Å²) in [5.41, 5.74) is 6.05. The van der Waals surface area contributed by atoms with Crippen LogP contribution in [0.5, 0.6) is 11.5 Å². The first kappa shape index (κ1) is 16.8. The lowest BCUT2D eigenvalue weighted by molar-refractivity contribution is 0.0999. The Balaban J connectivity index is 2.16. The number of hydrogen-bond acceptors (Lipinski definition) is 3. The van der Waals surface area contributed by atoms with Crippen molar-refractivity contribution >= 4 is 5.91 Å². The zero-order valence-electron chi connectivity index (χ0n) is 13.2. The van der Waals surface area contributed by atoms with Crippen molar-refractivity contribution in [1.82, 2.24) is 0 Å². The van der Waals surface area contributed by atoms with Crippen LogP contribution in [0.1, 0.15) is 29.8 Å². The number of carbonyl (C=O) groups is 1. The summed E-state index contributed by atoms with van der Waals surface area (Å²) >= 11 is 0. The fraction of sp³-hybridized carbons (Fsp3) is 0.278. The van der Waals surface area contributed by atoms with Crippen LogP contribution in [0.15, 0.2) is 42.5 Å². The molecule has 23 heavy (non-hydrogen) atoms. The smallest absolute Gasteiger partial charge is 0.248 e. The Morgan fingerprint density at radius 1 is 1.13 bits per heavy atom. The molecule has 0 aliphatic carbocycles. The molecule has 0 saturated carbocycles. The molecule has 0 atom stereocenters. The highest BCUT2D eigenvalue weighted by Crippen LogP contribution is 2.24. The van der Waals surface area contributed by atoms with Crippen molar-refractivity contribution in [3.05, 3.63) is 59.4 Å². The van der Waals surface area contributed by atoms with E-state index in [1.54, 1.807) is 30.3 Å². The molecule has 122 valence electrons. The van der Waals surface area contributed by atoms with E-state index >= 15 is 0 Å². The summed E-state index contributed by atoms with van der Waals surface area (Å²) in [5.74, 6) is 0.336. The van der Waals surface area contributed by atoms with E-state index in [4.69, 9.17) is 15.2 Å². The lowest BCUT2D eigenvalue weighted by Crippen LogP contribution is -2.12. The van der Waals surface area contributed by atoms with E-state index in [1.807, 2.05) is 13.8 Å². The average Bonchev–Trinajstić information content (AvgIpc) is 2.52.